The summed E-state index contributed by atoms with van der Waals surface area (Å²) in [5, 5.41) is 11.4. The Bertz CT molecular complexity index is 472. The van der Waals surface area contributed by atoms with Gasteiger partial charge in [0.25, 0.3) is 0 Å². The number of aromatic nitrogens is 4. The second-order valence-electron chi connectivity index (χ2n) is 4.34. The highest BCUT2D eigenvalue weighted by Gasteiger charge is 2.29. The quantitative estimate of drug-likeness (QED) is 0.844. The molecule has 0 saturated carbocycles. The molecule has 94 valence electrons. The van der Waals surface area contributed by atoms with Gasteiger partial charge in [0, 0.05) is 25.1 Å². The van der Waals surface area contributed by atoms with E-state index in [-0.39, 0.29) is 12.1 Å². The summed E-state index contributed by atoms with van der Waals surface area (Å²) < 4.78 is 7.37. The highest BCUT2D eigenvalue weighted by molar-refractivity contribution is 5.08. The van der Waals surface area contributed by atoms with Crippen molar-refractivity contribution < 1.29 is 4.74 Å². The van der Waals surface area contributed by atoms with Crippen molar-refractivity contribution in [2.24, 2.45) is 0 Å². The third-order valence-electron chi connectivity index (χ3n) is 3.12. The van der Waals surface area contributed by atoms with Gasteiger partial charge in [0.05, 0.1) is 31.5 Å². The molecule has 0 amide bonds. The average molecular weight is 245 g/mol. The third kappa shape index (κ3) is 2.39. The summed E-state index contributed by atoms with van der Waals surface area (Å²) in [5.41, 5.74) is 1.17. The lowest BCUT2D eigenvalue weighted by Gasteiger charge is -2.18. The molecule has 2 aromatic rings. The van der Waals surface area contributed by atoms with Crippen molar-refractivity contribution in [1.29, 1.82) is 0 Å². The number of hydrogen-bond acceptors (Lipinski definition) is 5. The van der Waals surface area contributed by atoms with Crippen LogP contribution in [-0.4, -0.2) is 39.2 Å². The molecule has 1 aliphatic heterocycles. The first-order chi connectivity index (χ1) is 8.93. The van der Waals surface area contributed by atoms with Crippen molar-refractivity contribution in [3.05, 3.63) is 42.5 Å². The van der Waals surface area contributed by atoms with Gasteiger partial charge in [-0.25, -0.2) is 4.68 Å². The van der Waals surface area contributed by atoms with E-state index in [0.29, 0.717) is 13.2 Å². The molecule has 2 aromatic heterocycles. The molecular weight excluding hydrogens is 230 g/mol. The van der Waals surface area contributed by atoms with Crippen LogP contribution in [0.5, 0.6) is 0 Å². The normalized spacial score (nSPS) is 23.3. The lowest BCUT2D eigenvalue weighted by Crippen LogP contribution is -2.36. The first kappa shape index (κ1) is 11.3. The Kier molecular flexibility index (Phi) is 3.29. The van der Waals surface area contributed by atoms with Gasteiger partial charge in [-0.15, -0.1) is 5.10 Å². The second-order valence-corrected chi connectivity index (χ2v) is 4.34. The van der Waals surface area contributed by atoms with Crippen LogP contribution >= 0.6 is 0 Å². The maximum atomic E-state index is 5.52. The minimum atomic E-state index is 0.212. The molecule has 1 saturated heterocycles. The van der Waals surface area contributed by atoms with E-state index in [1.807, 2.05) is 23.1 Å². The van der Waals surface area contributed by atoms with Gasteiger partial charge in [0.1, 0.15) is 0 Å². The fourth-order valence-electron chi connectivity index (χ4n) is 2.14. The maximum absolute atomic E-state index is 5.52. The first-order valence-corrected chi connectivity index (χ1v) is 5.99. The van der Waals surface area contributed by atoms with Crippen LogP contribution < -0.4 is 5.32 Å². The Morgan fingerprint density at radius 2 is 2.39 bits per heavy atom. The Labute approximate surface area is 105 Å². The van der Waals surface area contributed by atoms with Gasteiger partial charge in [-0.1, -0.05) is 11.3 Å². The zero-order chi connectivity index (χ0) is 12.2. The summed E-state index contributed by atoms with van der Waals surface area (Å²) in [6.45, 7) is 2.16. The van der Waals surface area contributed by atoms with E-state index < -0.39 is 0 Å². The van der Waals surface area contributed by atoms with E-state index in [1.54, 1.807) is 12.4 Å². The molecule has 18 heavy (non-hydrogen) atoms. The van der Waals surface area contributed by atoms with Crippen molar-refractivity contribution in [2.75, 3.05) is 13.2 Å². The molecule has 0 aromatic carbocycles. The average Bonchev–Trinajstić information content (AvgIpc) is 3.08. The molecule has 3 heterocycles. The van der Waals surface area contributed by atoms with Crippen LogP contribution in [0.15, 0.2) is 36.9 Å². The van der Waals surface area contributed by atoms with E-state index >= 15 is 0 Å². The summed E-state index contributed by atoms with van der Waals surface area (Å²) >= 11 is 0. The molecule has 6 heteroatoms. The van der Waals surface area contributed by atoms with E-state index in [1.165, 1.54) is 5.56 Å². The van der Waals surface area contributed by atoms with Gasteiger partial charge < -0.3 is 10.1 Å². The van der Waals surface area contributed by atoms with E-state index in [0.717, 1.165) is 6.54 Å². The first-order valence-electron chi connectivity index (χ1n) is 5.99. The minimum absolute atomic E-state index is 0.212. The van der Waals surface area contributed by atoms with Crippen LogP contribution in [0.25, 0.3) is 0 Å². The van der Waals surface area contributed by atoms with Crippen molar-refractivity contribution in [3.63, 3.8) is 0 Å². The number of pyridine rings is 1. The summed E-state index contributed by atoms with van der Waals surface area (Å²) in [6, 6.07) is 4.47. The number of rotatable bonds is 4. The highest BCUT2D eigenvalue weighted by Crippen LogP contribution is 2.18. The van der Waals surface area contributed by atoms with Crippen LogP contribution in [0.3, 0.4) is 0 Å². The van der Waals surface area contributed by atoms with Crippen LogP contribution in [-0.2, 0) is 11.3 Å². The molecule has 0 bridgehead atoms. The molecule has 1 aliphatic rings. The van der Waals surface area contributed by atoms with E-state index in [4.69, 9.17) is 4.74 Å². The molecule has 1 fully saturated rings. The van der Waals surface area contributed by atoms with Crippen LogP contribution in [0.4, 0.5) is 0 Å². The number of nitrogens with one attached hydrogen (secondary N) is 1. The zero-order valence-corrected chi connectivity index (χ0v) is 9.94. The molecule has 3 rings (SSSR count). The fourth-order valence-corrected chi connectivity index (χ4v) is 2.14. The van der Waals surface area contributed by atoms with Crippen molar-refractivity contribution in [1.82, 2.24) is 25.3 Å². The lowest BCUT2D eigenvalue weighted by molar-refractivity contribution is 0.181. The van der Waals surface area contributed by atoms with Gasteiger partial charge in [0.2, 0.25) is 0 Å². The third-order valence-corrected chi connectivity index (χ3v) is 3.12. The Balaban J connectivity index is 1.62. The predicted octanol–water partition coefficient (Wildman–Crippen LogP) is 0.403. The van der Waals surface area contributed by atoms with Gasteiger partial charge in [-0.2, -0.15) is 0 Å². The van der Waals surface area contributed by atoms with Crippen LogP contribution in [0, 0.1) is 0 Å². The SMILES string of the molecule is c1cncc(CN[C@H]2COC[C@H]2n2ccnn2)c1. The predicted molar refractivity (Wildman–Crippen MR) is 64.7 cm³/mol. The molecule has 0 spiro atoms. The van der Waals surface area contributed by atoms with E-state index in [2.05, 4.69) is 26.7 Å². The molecule has 0 radical (unpaired) electrons. The van der Waals surface area contributed by atoms with Crippen LogP contribution in [0.1, 0.15) is 11.6 Å². The smallest absolute Gasteiger partial charge is 0.0945 e. The van der Waals surface area contributed by atoms with Gasteiger partial charge >= 0.3 is 0 Å². The highest BCUT2D eigenvalue weighted by atomic mass is 16.5. The van der Waals surface area contributed by atoms with Crippen LogP contribution in [0.2, 0.25) is 0 Å². The lowest BCUT2D eigenvalue weighted by atomic mass is 10.1. The maximum Gasteiger partial charge on any atom is 0.0945 e. The number of ether oxygens (including phenoxy) is 1. The molecule has 0 aliphatic carbocycles. The monoisotopic (exact) mass is 245 g/mol. The molecule has 2 atom stereocenters. The Morgan fingerprint density at radius 3 is 3.17 bits per heavy atom. The number of nitrogens with zero attached hydrogens (tertiary/aromatic N) is 4. The zero-order valence-electron chi connectivity index (χ0n) is 9.94. The summed E-state index contributed by atoms with van der Waals surface area (Å²) in [4.78, 5) is 4.10. The summed E-state index contributed by atoms with van der Waals surface area (Å²) in [7, 11) is 0. The summed E-state index contributed by atoms with van der Waals surface area (Å²) in [5.74, 6) is 0. The van der Waals surface area contributed by atoms with E-state index in [9.17, 15) is 0 Å². The minimum Gasteiger partial charge on any atom is -0.377 e. The molecule has 0 unspecified atom stereocenters. The molecule has 1 N–H and O–H groups in total. The second kappa shape index (κ2) is 5.24. The Hall–Kier alpha value is -1.79. The Morgan fingerprint density at radius 1 is 1.39 bits per heavy atom. The number of hydrogen-bond donors (Lipinski definition) is 1. The standard InChI is InChI=1S/C12H15N5O/c1-2-10(6-13-3-1)7-14-11-8-18-9-12(11)17-5-4-15-16-17/h1-6,11-12,14H,7-9H2/t11-,12+/m0/s1. The molecule has 6 nitrogen and oxygen atoms in total. The fraction of sp³-hybridized carbons (Fsp3) is 0.417. The topological polar surface area (TPSA) is 64.9 Å². The molecular formula is C12H15N5O. The summed E-state index contributed by atoms with van der Waals surface area (Å²) in [6.07, 6.45) is 7.21. The van der Waals surface area contributed by atoms with Crippen molar-refractivity contribution in [2.45, 2.75) is 18.6 Å². The van der Waals surface area contributed by atoms with Crippen molar-refractivity contribution >= 4 is 0 Å². The van der Waals surface area contributed by atoms with Gasteiger partial charge in [-0.05, 0) is 11.6 Å². The van der Waals surface area contributed by atoms with Crippen molar-refractivity contribution in [3.8, 4) is 0 Å². The largest absolute Gasteiger partial charge is 0.377 e. The van der Waals surface area contributed by atoms with Gasteiger partial charge in [-0.3, -0.25) is 4.98 Å². The van der Waals surface area contributed by atoms with Gasteiger partial charge in [0.15, 0.2) is 0 Å².